The van der Waals surface area contributed by atoms with Gasteiger partial charge in [0.05, 0.1) is 24.5 Å². The number of hydrogen-bond donors (Lipinski definition) is 1. The molecule has 0 fully saturated rings. The molecule has 0 saturated heterocycles. The number of nitrogens with zero attached hydrogens (tertiary/aromatic N) is 1. The van der Waals surface area contributed by atoms with Crippen LogP contribution in [0, 0.1) is 5.92 Å². The van der Waals surface area contributed by atoms with Crippen molar-refractivity contribution in [1.29, 1.82) is 0 Å². The second kappa shape index (κ2) is 15.9. The molecule has 0 amide bonds. The molecule has 34 heavy (non-hydrogen) atoms. The van der Waals surface area contributed by atoms with Crippen LogP contribution in [0.25, 0.3) is 0 Å². The Morgan fingerprint density at radius 2 is 1.65 bits per heavy atom. The maximum absolute atomic E-state index is 12.1. The molecule has 0 heterocycles. The molecular formula is C29H41NO4. The first-order chi connectivity index (χ1) is 16.5. The number of carbonyl (C=O) groups excluding carboxylic acids is 1. The fourth-order valence-electron chi connectivity index (χ4n) is 3.40. The number of phenols is 1. The maximum atomic E-state index is 12.1. The maximum Gasteiger partial charge on any atom is 0.338 e. The van der Waals surface area contributed by atoms with Crippen LogP contribution in [0.3, 0.4) is 0 Å². The van der Waals surface area contributed by atoms with Crippen molar-refractivity contribution in [3.05, 3.63) is 53.6 Å². The minimum Gasteiger partial charge on any atom is -0.507 e. The SMILES string of the molecule is CCCCCCCCCCOc1ccc(C=Nc2ccc(C(=O)OC[C@H](C)CC)cc2)c(O)c1. The summed E-state index contributed by atoms with van der Waals surface area (Å²) in [5, 5.41) is 10.3. The Hall–Kier alpha value is -2.82. The summed E-state index contributed by atoms with van der Waals surface area (Å²) in [6, 6.07) is 12.2. The molecule has 5 nitrogen and oxygen atoms in total. The Morgan fingerprint density at radius 3 is 2.29 bits per heavy atom. The lowest BCUT2D eigenvalue weighted by atomic mass is 10.1. The standard InChI is InChI=1S/C29H41NO4/c1-4-6-7-8-9-10-11-12-19-33-27-18-15-25(28(31)20-27)21-30-26-16-13-24(14-17-26)29(32)34-22-23(3)5-2/h13-18,20-21,23,31H,4-12,19,22H2,1-3H3/t23-/m1/s1. The van der Waals surface area contributed by atoms with Crippen LogP contribution in [0.15, 0.2) is 47.5 Å². The van der Waals surface area contributed by atoms with E-state index in [9.17, 15) is 9.90 Å². The highest BCUT2D eigenvalue weighted by Crippen LogP contribution is 2.24. The predicted molar refractivity (Wildman–Crippen MR) is 140 cm³/mol. The molecule has 1 atom stereocenters. The highest BCUT2D eigenvalue weighted by Gasteiger charge is 2.09. The molecule has 1 N–H and O–H groups in total. The fourth-order valence-corrected chi connectivity index (χ4v) is 3.40. The van der Waals surface area contributed by atoms with E-state index in [4.69, 9.17) is 9.47 Å². The van der Waals surface area contributed by atoms with Crippen LogP contribution in [0.5, 0.6) is 11.5 Å². The lowest BCUT2D eigenvalue weighted by Crippen LogP contribution is -2.11. The average molecular weight is 468 g/mol. The molecule has 0 unspecified atom stereocenters. The number of phenolic OH excluding ortho intramolecular Hbond substituents is 1. The smallest absolute Gasteiger partial charge is 0.338 e. The molecule has 0 aliphatic rings. The zero-order valence-electron chi connectivity index (χ0n) is 21.1. The molecule has 0 saturated carbocycles. The van der Waals surface area contributed by atoms with Gasteiger partial charge < -0.3 is 14.6 Å². The highest BCUT2D eigenvalue weighted by molar-refractivity contribution is 5.90. The van der Waals surface area contributed by atoms with E-state index in [1.54, 1.807) is 42.6 Å². The molecule has 0 radical (unpaired) electrons. The minimum atomic E-state index is -0.323. The van der Waals surface area contributed by atoms with Gasteiger partial charge in [0, 0.05) is 17.8 Å². The Bertz CT molecular complexity index is 876. The van der Waals surface area contributed by atoms with Gasteiger partial charge in [-0.2, -0.15) is 0 Å². The zero-order valence-corrected chi connectivity index (χ0v) is 21.1. The minimum absolute atomic E-state index is 0.127. The normalized spacial score (nSPS) is 12.1. The number of aliphatic imine (C=N–C) groups is 1. The van der Waals surface area contributed by atoms with Crippen molar-refractivity contribution < 1.29 is 19.4 Å². The van der Waals surface area contributed by atoms with Gasteiger partial charge in [-0.25, -0.2) is 4.79 Å². The fraction of sp³-hybridized carbons (Fsp3) is 0.517. The van der Waals surface area contributed by atoms with E-state index in [0.717, 1.165) is 12.8 Å². The van der Waals surface area contributed by atoms with E-state index in [0.29, 0.717) is 41.7 Å². The van der Waals surface area contributed by atoms with E-state index >= 15 is 0 Å². The van der Waals surface area contributed by atoms with Crippen LogP contribution in [0.1, 0.15) is 94.5 Å². The van der Waals surface area contributed by atoms with E-state index in [2.05, 4.69) is 25.8 Å². The molecule has 5 heteroatoms. The third-order valence-corrected chi connectivity index (χ3v) is 5.92. The summed E-state index contributed by atoms with van der Waals surface area (Å²) in [5.74, 6) is 0.818. The molecule has 0 aliphatic heterocycles. The number of unbranched alkanes of at least 4 members (excludes halogenated alkanes) is 7. The molecule has 0 bridgehead atoms. The third-order valence-electron chi connectivity index (χ3n) is 5.92. The molecule has 2 aromatic carbocycles. The summed E-state index contributed by atoms with van der Waals surface area (Å²) in [4.78, 5) is 16.5. The Labute approximate surface area is 205 Å². The van der Waals surface area contributed by atoms with E-state index in [1.807, 2.05) is 6.07 Å². The Morgan fingerprint density at radius 1 is 0.971 bits per heavy atom. The van der Waals surface area contributed by atoms with Gasteiger partial charge in [-0.15, -0.1) is 0 Å². The van der Waals surface area contributed by atoms with Crippen molar-refractivity contribution in [2.45, 2.75) is 78.6 Å². The highest BCUT2D eigenvalue weighted by atomic mass is 16.5. The molecule has 2 aromatic rings. The van der Waals surface area contributed by atoms with E-state index < -0.39 is 0 Å². The lowest BCUT2D eigenvalue weighted by Gasteiger charge is -2.09. The van der Waals surface area contributed by atoms with Crippen molar-refractivity contribution in [3.8, 4) is 11.5 Å². The van der Waals surface area contributed by atoms with Gasteiger partial charge >= 0.3 is 5.97 Å². The second-order valence-electron chi connectivity index (χ2n) is 8.96. The van der Waals surface area contributed by atoms with Gasteiger partial charge in [-0.05, 0) is 48.7 Å². The number of aromatic hydroxyl groups is 1. The van der Waals surface area contributed by atoms with Crippen molar-refractivity contribution in [1.82, 2.24) is 0 Å². The Kier molecular flexibility index (Phi) is 12.8. The molecular weight excluding hydrogens is 426 g/mol. The summed E-state index contributed by atoms with van der Waals surface area (Å²) in [6.45, 7) is 7.45. The van der Waals surface area contributed by atoms with Gasteiger partial charge in [-0.3, -0.25) is 4.99 Å². The van der Waals surface area contributed by atoms with Gasteiger partial charge in [0.25, 0.3) is 0 Å². The lowest BCUT2D eigenvalue weighted by molar-refractivity contribution is 0.0447. The number of carbonyl (C=O) groups is 1. The summed E-state index contributed by atoms with van der Waals surface area (Å²) in [7, 11) is 0. The van der Waals surface area contributed by atoms with Crippen LogP contribution in [-0.4, -0.2) is 30.5 Å². The summed E-state index contributed by atoms with van der Waals surface area (Å²) >= 11 is 0. The van der Waals surface area contributed by atoms with Crippen LogP contribution in [-0.2, 0) is 4.74 Å². The average Bonchev–Trinajstić information content (AvgIpc) is 2.85. The van der Waals surface area contributed by atoms with Crippen molar-refractivity contribution in [3.63, 3.8) is 0 Å². The van der Waals surface area contributed by atoms with Crippen LogP contribution in [0.4, 0.5) is 5.69 Å². The van der Waals surface area contributed by atoms with Gasteiger partial charge in [0.2, 0.25) is 0 Å². The second-order valence-corrected chi connectivity index (χ2v) is 8.96. The number of benzene rings is 2. The van der Waals surface area contributed by atoms with Crippen molar-refractivity contribution >= 4 is 17.9 Å². The summed E-state index contributed by atoms with van der Waals surface area (Å²) in [5.41, 5.74) is 1.80. The molecule has 186 valence electrons. The van der Waals surface area contributed by atoms with Crippen molar-refractivity contribution in [2.24, 2.45) is 10.9 Å². The largest absolute Gasteiger partial charge is 0.507 e. The first kappa shape index (κ1) is 27.4. The van der Waals surface area contributed by atoms with Gasteiger partial charge in [0.1, 0.15) is 11.5 Å². The molecule has 0 aliphatic carbocycles. The van der Waals surface area contributed by atoms with Gasteiger partial charge in [-0.1, -0.05) is 72.1 Å². The van der Waals surface area contributed by atoms with E-state index in [-0.39, 0.29) is 11.7 Å². The molecule has 0 aromatic heterocycles. The topological polar surface area (TPSA) is 68.1 Å². The van der Waals surface area contributed by atoms with Gasteiger partial charge in [0.15, 0.2) is 0 Å². The van der Waals surface area contributed by atoms with Crippen LogP contribution >= 0.6 is 0 Å². The van der Waals surface area contributed by atoms with Crippen molar-refractivity contribution in [2.75, 3.05) is 13.2 Å². The van der Waals surface area contributed by atoms with E-state index in [1.165, 1.54) is 44.9 Å². The zero-order chi connectivity index (χ0) is 24.6. The Balaban J connectivity index is 1.76. The first-order valence-electron chi connectivity index (χ1n) is 12.8. The summed E-state index contributed by atoms with van der Waals surface area (Å²) in [6.07, 6.45) is 12.7. The first-order valence-corrected chi connectivity index (χ1v) is 12.8. The van der Waals surface area contributed by atoms with Crippen LogP contribution < -0.4 is 4.74 Å². The molecule has 0 spiro atoms. The third kappa shape index (κ3) is 10.4. The van der Waals surface area contributed by atoms with Crippen LogP contribution in [0.2, 0.25) is 0 Å². The molecule has 2 rings (SSSR count). The number of rotatable bonds is 16. The number of esters is 1. The summed E-state index contributed by atoms with van der Waals surface area (Å²) < 4.78 is 11.1. The quantitative estimate of drug-likeness (QED) is 0.155. The number of hydrogen-bond acceptors (Lipinski definition) is 5. The monoisotopic (exact) mass is 467 g/mol. The predicted octanol–water partition coefficient (Wildman–Crippen LogP) is 7.87. The number of ether oxygens (including phenoxy) is 2.